The highest BCUT2D eigenvalue weighted by atomic mass is 16.2. The van der Waals surface area contributed by atoms with Gasteiger partial charge in [0.2, 0.25) is 5.95 Å². The van der Waals surface area contributed by atoms with Crippen molar-refractivity contribution in [3.8, 4) is 0 Å². The standard InChI is InChI=1S/C15H23N5O/c21-14(18-12-5-4-7-16-11-12)13-6-8-17-15(19-13)20-9-2-1-3-10-20/h6,8,12,16H,1-5,7,9-11H2,(H,18,21)/t12-/m0/s1. The van der Waals surface area contributed by atoms with Gasteiger partial charge in [0.25, 0.3) is 5.91 Å². The number of anilines is 1. The molecule has 6 heteroatoms. The van der Waals surface area contributed by atoms with Crippen LogP contribution in [0.1, 0.15) is 42.6 Å². The van der Waals surface area contributed by atoms with Gasteiger partial charge < -0.3 is 15.5 Å². The van der Waals surface area contributed by atoms with Crippen LogP contribution in [0.5, 0.6) is 0 Å². The molecule has 0 bridgehead atoms. The van der Waals surface area contributed by atoms with Gasteiger partial charge in [-0.05, 0) is 44.7 Å². The van der Waals surface area contributed by atoms with Gasteiger partial charge in [0.1, 0.15) is 5.69 Å². The van der Waals surface area contributed by atoms with Gasteiger partial charge in [-0.15, -0.1) is 0 Å². The molecule has 21 heavy (non-hydrogen) atoms. The van der Waals surface area contributed by atoms with Gasteiger partial charge in [-0.25, -0.2) is 9.97 Å². The second kappa shape index (κ2) is 6.85. The smallest absolute Gasteiger partial charge is 0.270 e. The van der Waals surface area contributed by atoms with E-state index in [0.29, 0.717) is 11.6 Å². The van der Waals surface area contributed by atoms with Gasteiger partial charge >= 0.3 is 0 Å². The Morgan fingerprint density at radius 3 is 2.90 bits per heavy atom. The van der Waals surface area contributed by atoms with E-state index in [0.717, 1.165) is 39.0 Å². The summed E-state index contributed by atoms with van der Waals surface area (Å²) in [4.78, 5) is 23.2. The zero-order chi connectivity index (χ0) is 14.5. The molecule has 2 aliphatic heterocycles. The molecule has 0 aliphatic carbocycles. The minimum Gasteiger partial charge on any atom is -0.347 e. The molecule has 2 N–H and O–H groups in total. The van der Waals surface area contributed by atoms with E-state index in [1.54, 1.807) is 12.3 Å². The Balaban J connectivity index is 1.65. The van der Waals surface area contributed by atoms with Crippen LogP contribution >= 0.6 is 0 Å². The lowest BCUT2D eigenvalue weighted by atomic mass is 10.1. The Hall–Kier alpha value is -1.69. The summed E-state index contributed by atoms with van der Waals surface area (Å²) in [5, 5.41) is 6.35. The third-order valence-corrected chi connectivity index (χ3v) is 4.15. The second-order valence-corrected chi connectivity index (χ2v) is 5.81. The highest BCUT2D eigenvalue weighted by molar-refractivity contribution is 5.92. The van der Waals surface area contributed by atoms with Crippen LogP contribution in [0.25, 0.3) is 0 Å². The molecule has 3 rings (SSSR count). The van der Waals surface area contributed by atoms with E-state index in [1.165, 1.54) is 19.3 Å². The summed E-state index contributed by atoms with van der Waals surface area (Å²) < 4.78 is 0. The highest BCUT2D eigenvalue weighted by Crippen LogP contribution is 2.15. The van der Waals surface area contributed by atoms with Crippen LogP contribution in [0, 0.1) is 0 Å². The molecule has 0 unspecified atom stereocenters. The molecule has 6 nitrogen and oxygen atoms in total. The van der Waals surface area contributed by atoms with Crippen molar-refractivity contribution < 1.29 is 4.79 Å². The average Bonchev–Trinajstić information content (AvgIpc) is 2.57. The number of carbonyl (C=O) groups excluding carboxylic acids is 1. The number of amides is 1. The van der Waals surface area contributed by atoms with Gasteiger partial charge in [0, 0.05) is 31.9 Å². The van der Waals surface area contributed by atoms with Crippen LogP contribution in [0.3, 0.4) is 0 Å². The van der Waals surface area contributed by atoms with Crippen LogP contribution in [0.4, 0.5) is 5.95 Å². The van der Waals surface area contributed by atoms with Crippen LogP contribution in [0.15, 0.2) is 12.3 Å². The SMILES string of the molecule is O=C(N[C@H]1CCCNC1)c1ccnc(N2CCCCC2)n1. The maximum atomic E-state index is 12.3. The molecule has 114 valence electrons. The predicted molar refractivity (Wildman–Crippen MR) is 81.5 cm³/mol. The van der Waals surface area contributed by atoms with Crippen molar-refractivity contribution in [1.82, 2.24) is 20.6 Å². The van der Waals surface area contributed by atoms with Gasteiger partial charge in [0.15, 0.2) is 0 Å². The van der Waals surface area contributed by atoms with Gasteiger partial charge in [-0.2, -0.15) is 0 Å². The summed E-state index contributed by atoms with van der Waals surface area (Å²) in [5.41, 5.74) is 0.469. The molecule has 2 fully saturated rings. The number of carbonyl (C=O) groups is 1. The molecule has 1 aromatic rings. The Morgan fingerprint density at radius 2 is 2.14 bits per heavy atom. The fourth-order valence-electron chi connectivity index (χ4n) is 2.96. The van der Waals surface area contributed by atoms with E-state index < -0.39 is 0 Å². The number of nitrogens with one attached hydrogen (secondary N) is 2. The number of nitrogens with zero attached hydrogens (tertiary/aromatic N) is 3. The Morgan fingerprint density at radius 1 is 1.29 bits per heavy atom. The molecule has 3 heterocycles. The molecule has 0 radical (unpaired) electrons. The first-order valence-corrected chi connectivity index (χ1v) is 7.92. The van der Waals surface area contributed by atoms with E-state index in [4.69, 9.17) is 0 Å². The lowest BCUT2D eigenvalue weighted by molar-refractivity contribution is 0.0925. The van der Waals surface area contributed by atoms with Crippen molar-refractivity contribution in [3.63, 3.8) is 0 Å². The first-order valence-electron chi connectivity index (χ1n) is 7.92. The van der Waals surface area contributed by atoms with E-state index in [-0.39, 0.29) is 11.9 Å². The first-order chi connectivity index (χ1) is 10.3. The quantitative estimate of drug-likeness (QED) is 0.867. The minimum absolute atomic E-state index is 0.0932. The number of aromatic nitrogens is 2. The maximum absolute atomic E-state index is 12.3. The zero-order valence-electron chi connectivity index (χ0n) is 12.3. The maximum Gasteiger partial charge on any atom is 0.270 e. The largest absolute Gasteiger partial charge is 0.347 e. The second-order valence-electron chi connectivity index (χ2n) is 5.81. The monoisotopic (exact) mass is 289 g/mol. The first kappa shape index (κ1) is 14.3. The van der Waals surface area contributed by atoms with Crippen molar-refractivity contribution in [3.05, 3.63) is 18.0 Å². The topological polar surface area (TPSA) is 70.2 Å². The Kier molecular flexibility index (Phi) is 4.65. The molecule has 0 saturated carbocycles. The van der Waals surface area contributed by atoms with E-state index in [9.17, 15) is 4.79 Å². The number of hydrogen-bond donors (Lipinski definition) is 2. The normalized spacial score (nSPS) is 22.9. The molecule has 2 saturated heterocycles. The van der Waals surface area contributed by atoms with Crippen LogP contribution < -0.4 is 15.5 Å². The lowest BCUT2D eigenvalue weighted by Gasteiger charge is -2.27. The molecule has 0 aromatic carbocycles. The van der Waals surface area contributed by atoms with Gasteiger partial charge in [-0.1, -0.05) is 0 Å². The molecular formula is C15H23N5O. The number of hydrogen-bond acceptors (Lipinski definition) is 5. The summed E-state index contributed by atoms with van der Waals surface area (Å²) >= 11 is 0. The van der Waals surface area contributed by atoms with Crippen molar-refractivity contribution >= 4 is 11.9 Å². The van der Waals surface area contributed by atoms with Gasteiger partial charge in [0.05, 0.1) is 0 Å². The molecule has 1 aromatic heterocycles. The van der Waals surface area contributed by atoms with Gasteiger partial charge in [-0.3, -0.25) is 4.79 Å². The summed E-state index contributed by atoms with van der Waals surface area (Å²) in [6.45, 7) is 3.85. The summed E-state index contributed by atoms with van der Waals surface area (Å²) in [5.74, 6) is 0.591. The summed E-state index contributed by atoms with van der Waals surface area (Å²) in [6, 6.07) is 1.90. The van der Waals surface area contributed by atoms with Crippen LogP contribution in [0.2, 0.25) is 0 Å². The van der Waals surface area contributed by atoms with Crippen molar-refractivity contribution in [2.24, 2.45) is 0 Å². The molecular weight excluding hydrogens is 266 g/mol. The predicted octanol–water partition coefficient (Wildman–Crippen LogP) is 0.949. The Bertz CT molecular complexity index is 481. The van der Waals surface area contributed by atoms with Crippen LogP contribution in [-0.4, -0.2) is 48.1 Å². The number of rotatable bonds is 3. The summed E-state index contributed by atoms with van der Waals surface area (Å²) in [7, 11) is 0. The third-order valence-electron chi connectivity index (χ3n) is 4.15. The lowest BCUT2D eigenvalue weighted by Crippen LogP contribution is -2.45. The van der Waals surface area contributed by atoms with E-state index >= 15 is 0 Å². The minimum atomic E-state index is -0.0932. The zero-order valence-corrected chi connectivity index (χ0v) is 12.3. The average molecular weight is 289 g/mol. The van der Waals surface area contributed by atoms with E-state index in [1.807, 2.05) is 0 Å². The van der Waals surface area contributed by atoms with Crippen LogP contribution in [-0.2, 0) is 0 Å². The van der Waals surface area contributed by atoms with Crippen molar-refractivity contribution in [2.75, 3.05) is 31.1 Å². The molecule has 1 atom stereocenters. The fraction of sp³-hybridized carbons (Fsp3) is 0.667. The van der Waals surface area contributed by atoms with Crippen molar-refractivity contribution in [2.45, 2.75) is 38.1 Å². The molecule has 2 aliphatic rings. The molecule has 1 amide bonds. The van der Waals surface area contributed by atoms with E-state index in [2.05, 4.69) is 25.5 Å². The highest BCUT2D eigenvalue weighted by Gasteiger charge is 2.19. The molecule has 0 spiro atoms. The number of piperidine rings is 2. The van der Waals surface area contributed by atoms with Crippen molar-refractivity contribution in [1.29, 1.82) is 0 Å². The fourth-order valence-corrected chi connectivity index (χ4v) is 2.96. The Labute approximate surface area is 125 Å². The summed E-state index contributed by atoms with van der Waals surface area (Å²) in [6.07, 6.45) is 7.44. The third kappa shape index (κ3) is 3.69.